The van der Waals surface area contributed by atoms with E-state index in [1.54, 1.807) is 0 Å². The van der Waals surface area contributed by atoms with Crippen LogP contribution in [0.3, 0.4) is 0 Å². The summed E-state index contributed by atoms with van der Waals surface area (Å²) in [6.45, 7) is 7.04. The summed E-state index contributed by atoms with van der Waals surface area (Å²) in [6.07, 6.45) is 3.87. The van der Waals surface area contributed by atoms with Gasteiger partial charge < -0.3 is 10.2 Å². The summed E-state index contributed by atoms with van der Waals surface area (Å²) in [4.78, 5) is 9.00. The molecule has 78 valence electrons. The maximum absolute atomic E-state index is 9.00. The average molecular weight is 188 g/mol. The van der Waals surface area contributed by atoms with Crippen LogP contribution < -0.4 is 0 Å². The molecule has 0 aliphatic heterocycles. The Bertz CT molecular complexity index is 152. The summed E-state index contributed by atoms with van der Waals surface area (Å²) < 4.78 is 0. The van der Waals surface area contributed by atoms with E-state index in [0.29, 0.717) is 0 Å². The van der Waals surface area contributed by atoms with Gasteiger partial charge in [0.1, 0.15) is 0 Å². The number of carboxylic acids is 1. The first-order chi connectivity index (χ1) is 5.86. The minimum Gasteiger partial charge on any atom is -0.481 e. The number of hydrogen-bond acceptors (Lipinski definition) is 2. The second-order valence-corrected chi connectivity index (χ2v) is 3.23. The number of rotatable bonds is 3. The number of carbonyl (C=O) groups is 1. The van der Waals surface area contributed by atoms with Gasteiger partial charge in [0, 0.05) is 6.92 Å². The van der Waals surface area contributed by atoms with Crippen LogP contribution in [0, 0.1) is 0 Å². The fourth-order valence-corrected chi connectivity index (χ4v) is 0.613. The van der Waals surface area contributed by atoms with Gasteiger partial charge in [0.2, 0.25) is 0 Å². The van der Waals surface area contributed by atoms with Crippen LogP contribution in [0.5, 0.6) is 0 Å². The summed E-state index contributed by atoms with van der Waals surface area (Å²) in [5.41, 5.74) is 1.33. The lowest BCUT2D eigenvalue weighted by atomic mass is 10.2. The van der Waals surface area contributed by atoms with Crippen LogP contribution in [0.15, 0.2) is 11.6 Å². The lowest BCUT2D eigenvalue weighted by Crippen LogP contribution is -1.96. The third-order valence-corrected chi connectivity index (χ3v) is 1.14. The molecule has 0 rings (SSSR count). The zero-order chi connectivity index (χ0) is 10.9. The van der Waals surface area contributed by atoms with E-state index >= 15 is 0 Å². The van der Waals surface area contributed by atoms with E-state index in [2.05, 4.69) is 19.9 Å². The lowest BCUT2D eigenvalue weighted by Gasteiger charge is -1.98. The monoisotopic (exact) mass is 188 g/mol. The zero-order valence-corrected chi connectivity index (χ0v) is 8.87. The summed E-state index contributed by atoms with van der Waals surface area (Å²) >= 11 is 0. The van der Waals surface area contributed by atoms with Crippen molar-refractivity contribution in [2.24, 2.45) is 0 Å². The first kappa shape index (κ1) is 14.7. The predicted octanol–water partition coefficient (Wildman–Crippen LogP) is 2.20. The van der Waals surface area contributed by atoms with Crippen molar-refractivity contribution in [2.75, 3.05) is 0 Å². The molecule has 0 saturated carbocycles. The molecule has 0 aliphatic carbocycles. The van der Waals surface area contributed by atoms with Crippen LogP contribution in [-0.2, 0) is 4.79 Å². The van der Waals surface area contributed by atoms with E-state index < -0.39 is 5.97 Å². The Morgan fingerprint density at radius 3 is 2.00 bits per heavy atom. The fourth-order valence-electron chi connectivity index (χ4n) is 0.613. The highest BCUT2D eigenvalue weighted by Crippen LogP contribution is 1.99. The van der Waals surface area contributed by atoms with Crippen molar-refractivity contribution in [3.8, 4) is 0 Å². The van der Waals surface area contributed by atoms with Gasteiger partial charge in [0.05, 0.1) is 6.10 Å². The highest BCUT2D eigenvalue weighted by atomic mass is 16.4. The topological polar surface area (TPSA) is 57.5 Å². The zero-order valence-electron chi connectivity index (χ0n) is 8.87. The van der Waals surface area contributed by atoms with Crippen molar-refractivity contribution in [1.29, 1.82) is 0 Å². The Hall–Kier alpha value is -0.830. The third-order valence-electron chi connectivity index (χ3n) is 1.14. The van der Waals surface area contributed by atoms with Gasteiger partial charge in [-0.15, -0.1) is 0 Å². The molecule has 0 aliphatic rings. The Morgan fingerprint density at radius 1 is 1.38 bits per heavy atom. The molecule has 0 aromatic heterocycles. The Labute approximate surface area is 80.1 Å². The van der Waals surface area contributed by atoms with Gasteiger partial charge in [0.15, 0.2) is 0 Å². The SMILES string of the molecule is CC(=O)O.CC(C)=CCC[C@@H](C)O. The van der Waals surface area contributed by atoms with E-state index in [0.717, 1.165) is 19.8 Å². The van der Waals surface area contributed by atoms with Gasteiger partial charge in [-0.2, -0.15) is 0 Å². The normalized spacial score (nSPS) is 10.8. The van der Waals surface area contributed by atoms with Gasteiger partial charge in [0.25, 0.3) is 5.97 Å². The molecular formula is C10H20O3. The molecule has 3 nitrogen and oxygen atoms in total. The van der Waals surface area contributed by atoms with Gasteiger partial charge in [-0.25, -0.2) is 0 Å². The molecule has 0 aromatic carbocycles. The number of carboxylic acid groups (broad SMARTS) is 1. The molecule has 0 aromatic rings. The summed E-state index contributed by atoms with van der Waals surface area (Å²) in [5, 5.41) is 16.3. The van der Waals surface area contributed by atoms with Crippen molar-refractivity contribution < 1.29 is 15.0 Å². The van der Waals surface area contributed by atoms with E-state index in [1.807, 2.05) is 6.92 Å². The number of allylic oxidation sites excluding steroid dienone is 2. The molecule has 0 radical (unpaired) electrons. The van der Waals surface area contributed by atoms with Crippen LogP contribution in [0.4, 0.5) is 0 Å². The first-order valence-corrected chi connectivity index (χ1v) is 4.37. The maximum Gasteiger partial charge on any atom is 0.300 e. The van der Waals surface area contributed by atoms with Crippen LogP contribution in [-0.4, -0.2) is 22.3 Å². The molecule has 3 heteroatoms. The lowest BCUT2D eigenvalue weighted by molar-refractivity contribution is -0.134. The van der Waals surface area contributed by atoms with E-state index in [-0.39, 0.29) is 6.10 Å². The Morgan fingerprint density at radius 2 is 1.77 bits per heavy atom. The van der Waals surface area contributed by atoms with Crippen molar-refractivity contribution in [2.45, 2.75) is 46.6 Å². The van der Waals surface area contributed by atoms with Crippen LogP contribution in [0.2, 0.25) is 0 Å². The minimum atomic E-state index is -0.833. The largest absolute Gasteiger partial charge is 0.481 e. The molecule has 0 fully saturated rings. The van der Waals surface area contributed by atoms with Crippen molar-refractivity contribution in [3.63, 3.8) is 0 Å². The van der Waals surface area contributed by atoms with Gasteiger partial charge in [-0.1, -0.05) is 11.6 Å². The van der Waals surface area contributed by atoms with E-state index in [4.69, 9.17) is 15.0 Å². The molecule has 0 unspecified atom stereocenters. The van der Waals surface area contributed by atoms with Crippen molar-refractivity contribution in [1.82, 2.24) is 0 Å². The summed E-state index contributed by atoms with van der Waals surface area (Å²) in [7, 11) is 0. The number of aliphatic hydroxyl groups is 1. The minimum absolute atomic E-state index is 0.152. The van der Waals surface area contributed by atoms with Crippen LogP contribution in [0.1, 0.15) is 40.5 Å². The van der Waals surface area contributed by atoms with Crippen LogP contribution in [0.25, 0.3) is 0 Å². The standard InChI is InChI=1S/C8H16O.C2H4O2/c1-7(2)5-4-6-8(3)9;1-2(3)4/h5,8-9H,4,6H2,1-3H3;1H3,(H,3,4)/t8-;/m1./s1. The van der Waals surface area contributed by atoms with Gasteiger partial charge >= 0.3 is 0 Å². The van der Waals surface area contributed by atoms with Crippen molar-refractivity contribution in [3.05, 3.63) is 11.6 Å². The predicted molar refractivity (Wildman–Crippen MR) is 53.7 cm³/mol. The molecule has 0 saturated heterocycles. The second kappa shape index (κ2) is 9.26. The Balaban J connectivity index is 0. The van der Waals surface area contributed by atoms with Gasteiger partial charge in [-0.05, 0) is 33.6 Å². The maximum atomic E-state index is 9.00. The summed E-state index contributed by atoms with van der Waals surface area (Å²) in [5.74, 6) is -0.833. The fraction of sp³-hybridized carbons (Fsp3) is 0.700. The molecule has 0 bridgehead atoms. The molecule has 0 heterocycles. The number of hydrogen-bond donors (Lipinski definition) is 2. The second-order valence-electron chi connectivity index (χ2n) is 3.23. The summed E-state index contributed by atoms with van der Waals surface area (Å²) in [6, 6.07) is 0. The van der Waals surface area contributed by atoms with Crippen molar-refractivity contribution >= 4 is 5.97 Å². The smallest absolute Gasteiger partial charge is 0.300 e. The number of aliphatic hydroxyl groups excluding tert-OH is 1. The average Bonchev–Trinajstić information content (AvgIpc) is 1.83. The third kappa shape index (κ3) is 35.1. The molecule has 0 spiro atoms. The Kier molecular flexibility index (Phi) is 10.5. The molecule has 1 atom stereocenters. The quantitative estimate of drug-likeness (QED) is 0.667. The molecule has 13 heavy (non-hydrogen) atoms. The van der Waals surface area contributed by atoms with E-state index in [1.165, 1.54) is 5.57 Å². The van der Waals surface area contributed by atoms with Gasteiger partial charge in [-0.3, -0.25) is 4.79 Å². The highest BCUT2D eigenvalue weighted by Gasteiger charge is 1.90. The first-order valence-electron chi connectivity index (χ1n) is 4.37. The molecular weight excluding hydrogens is 168 g/mol. The molecule has 0 amide bonds. The number of aliphatic carboxylic acids is 1. The highest BCUT2D eigenvalue weighted by molar-refractivity contribution is 5.62. The molecule has 2 N–H and O–H groups in total. The van der Waals surface area contributed by atoms with E-state index in [9.17, 15) is 0 Å². The van der Waals surface area contributed by atoms with Crippen LogP contribution >= 0.6 is 0 Å².